The maximum Gasteiger partial charge on any atom is 0.337 e. The van der Waals surface area contributed by atoms with E-state index in [1.807, 2.05) is 0 Å². The molecule has 0 radical (unpaired) electrons. The van der Waals surface area contributed by atoms with E-state index in [4.69, 9.17) is 10.8 Å². The fourth-order valence-corrected chi connectivity index (χ4v) is 1.75. The molecular weight excluding hydrogens is 249 g/mol. The van der Waals surface area contributed by atoms with Crippen molar-refractivity contribution in [1.82, 2.24) is 4.98 Å². The molecule has 0 aliphatic rings. The predicted molar refractivity (Wildman–Crippen MR) is 70.1 cm³/mol. The van der Waals surface area contributed by atoms with Crippen LogP contribution in [0.15, 0.2) is 36.5 Å². The number of para-hydroxylation sites is 1. The maximum atomic E-state index is 13.7. The smallest absolute Gasteiger partial charge is 0.337 e. The number of aromatic nitrogens is 1. The highest BCUT2D eigenvalue weighted by Gasteiger charge is 2.17. The van der Waals surface area contributed by atoms with Crippen LogP contribution < -0.4 is 10.6 Å². The van der Waals surface area contributed by atoms with Crippen molar-refractivity contribution in [3.05, 3.63) is 47.9 Å². The second-order valence-corrected chi connectivity index (χ2v) is 3.91. The van der Waals surface area contributed by atoms with Gasteiger partial charge < -0.3 is 15.7 Å². The number of aromatic carboxylic acids is 1. The van der Waals surface area contributed by atoms with E-state index in [1.165, 1.54) is 23.2 Å². The summed E-state index contributed by atoms with van der Waals surface area (Å²) in [5.41, 5.74) is 5.97. The Morgan fingerprint density at radius 2 is 2.05 bits per heavy atom. The molecule has 0 fully saturated rings. The summed E-state index contributed by atoms with van der Waals surface area (Å²) >= 11 is 0. The van der Waals surface area contributed by atoms with Crippen molar-refractivity contribution in [2.45, 2.75) is 0 Å². The van der Waals surface area contributed by atoms with E-state index in [1.54, 1.807) is 25.2 Å². The summed E-state index contributed by atoms with van der Waals surface area (Å²) in [5.74, 6) is -1.39. The van der Waals surface area contributed by atoms with Crippen LogP contribution in [0.1, 0.15) is 10.4 Å². The van der Waals surface area contributed by atoms with Crippen LogP contribution >= 0.6 is 0 Å². The zero-order chi connectivity index (χ0) is 14.0. The molecular formula is C13H12FN3O2. The van der Waals surface area contributed by atoms with E-state index >= 15 is 0 Å². The van der Waals surface area contributed by atoms with E-state index < -0.39 is 11.8 Å². The molecule has 98 valence electrons. The van der Waals surface area contributed by atoms with Gasteiger partial charge in [0.15, 0.2) is 5.82 Å². The quantitative estimate of drug-likeness (QED) is 0.886. The molecule has 0 aliphatic carbocycles. The molecule has 0 unspecified atom stereocenters. The molecule has 1 heterocycles. The second-order valence-electron chi connectivity index (χ2n) is 3.91. The highest BCUT2D eigenvalue weighted by atomic mass is 19.1. The molecule has 0 bridgehead atoms. The number of hydrogen-bond donors (Lipinski definition) is 2. The van der Waals surface area contributed by atoms with Crippen molar-refractivity contribution in [3.8, 4) is 0 Å². The minimum absolute atomic E-state index is 0.000697. The van der Waals surface area contributed by atoms with Gasteiger partial charge in [-0.25, -0.2) is 14.2 Å². The molecule has 2 rings (SSSR count). The van der Waals surface area contributed by atoms with E-state index in [-0.39, 0.29) is 22.8 Å². The Labute approximate surface area is 109 Å². The van der Waals surface area contributed by atoms with E-state index in [9.17, 15) is 9.18 Å². The number of nitrogens with two attached hydrogens (primary N) is 1. The molecule has 5 nitrogen and oxygen atoms in total. The van der Waals surface area contributed by atoms with E-state index in [0.717, 1.165) is 0 Å². The SMILES string of the molecule is CN(c1ccccc1F)c1nccc(C(=O)O)c1N. The Balaban J connectivity index is 2.51. The number of carboxylic acids is 1. The summed E-state index contributed by atoms with van der Waals surface area (Å²) in [6, 6.07) is 7.41. The van der Waals surface area contributed by atoms with Gasteiger partial charge in [0, 0.05) is 13.2 Å². The van der Waals surface area contributed by atoms with Crippen LogP contribution in [0.25, 0.3) is 0 Å². The van der Waals surface area contributed by atoms with Crippen LogP contribution in [0, 0.1) is 5.82 Å². The van der Waals surface area contributed by atoms with Gasteiger partial charge in [0.1, 0.15) is 5.82 Å². The number of carbonyl (C=O) groups is 1. The molecule has 1 aromatic carbocycles. The Hall–Kier alpha value is -2.63. The van der Waals surface area contributed by atoms with Crippen LogP contribution in [0.2, 0.25) is 0 Å². The monoisotopic (exact) mass is 261 g/mol. The zero-order valence-electron chi connectivity index (χ0n) is 10.2. The lowest BCUT2D eigenvalue weighted by atomic mass is 10.2. The summed E-state index contributed by atoms with van der Waals surface area (Å²) in [7, 11) is 1.57. The molecule has 3 N–H and O–H groups in total. The molecule has 0 saturated carbocycles. The molecule has 19 heavy (non-hydrogen) atoms. The van der Waals surface area contributed by atoms with Crippen molar-refractivity contribution < 1.29 is 14.3 Å². The van der Waals surface area contributed by atoms with Crippen LogP contribution in [0.3, 0.4) is 0 Å². The largest absolute Gasteiger partial charge is 0.478 e. The average Bonchev–Trinajstić information content (AvgIpc) is 2.38. The van der Waals surface area contributed by atoms with Gasteiger partial charge in [-0.15, -0.1) is 0 Å². The van der Waals surface area contributed by atoms with Gasteiger partial charge >= 0.3 is 5.97 Å². The van der Waals surface area contributed by atoms with Crippen molar-refractivity contribution in [2.24, 2.45) is 0 Å². The second kappa shape index (κ2) is 4.93. The Kier molecular flexibility index (Phi) is 3.33. The van der Waals surface area contributed by atoms with Crippen LogP contribution in [-0.4, -0.2) is 23.1 Å². The minimum Gasteiger partial charge on any atom is -0.478 e. The number of halogens is 1. The molecule has 0 saturated heterocycles. The van der Waals surface area contributed by atoms with Crippen molar-refractivity contribution in [3.63, 3.8) is 0 Å². The fourth-order valence-electron chi connectivity index (χ4n) is 1.75. The average molecular weight is 261 g/mol. The summed E-state index contributed by atoms with van der Waals surface area (Å²) in [6.45, 7) is 0. The first-order chi connectivity index (χ1) is 9.02. The molecule has 6 heteroatoms. The highest BCUT2D eigenvalue weighted by molar-refractivity contribution is 5.96. The normalized spacial score (nSPS) is 10.2. The number of nitrogens with zero attached hydrogens (tertiary/aromatic N) is 2. The van der Waals surface area contributed by atoms with Gasteiger partial charge in [0.25, 0.3) is 0 Å². The van der Waals surface area contributed by atoms with Gasteiger partial charge in [0.2, 0.25) is 0 Å². The minimum atomic E-state index is -1.15. The molecule has 0 amide bonds. The van der Waals surface area contributed by atoms with Gasteiger partial charge in [-0.3, -0.25) is 0 Å². The lowest BCUT2D eigenvalue weighted by Crippen LogP contribution is -2.16. The van der Waals surface area contributed by atoms with Crippen molar-refractivity contribution >= 4 is 23.2 Å². The Morgan fingerprint density at radius 3 is 2.68 bits per heavy atom. The number of hydrogen-bond acceptors (Lipinski definition) is 4. The van der Waals surface area contributed by atoms with Crippen molar-refractivity contribution in [2.75, 3.05) is 17.7 Å². The number of nitrogen functional groups attached to an aromatic ring is 1. The first-order valence-corrected chi connectivity index (χ1v) is 5.48. The van der Waals surface area contributed by atoms with Crippen molar-refractivity contribution in [1.29, 1.82) is 0 Å². The molecule has 2 aromatic rings. The maximum absolute atomic E-state index is 13.7. The highest BCUT2D eigenvalue weighted by Crippen LogP contribution is 2.30. The fraction of sp³-hybridized carbons (Fsp3) is 0.0769. The number of pyridine rings is 1. The van der Waals surface area contributed by atoms with Gasteiger partial charge in [-0.2, -0.15) is 0 Å². The van der Waals surface area contributed by atoms with E-state index in [2.05, 4.69) is 4.98 Å². The number of benzene rings is 1. The number of carboxylic acid groups (broad SMARTS) is 1. The van der Waals surface area contributed by atoms with Gasteiger partial charge in [-0.1, -0.05) is 12.1 Å². The molecule has 0 aliphatic heterocycles. The number of anilines is 3. The summed E-state index contributed by atoms with van der Waals surface area (Å²) < 4.78 is 13.7. The standard InChI is InChI=1S/C13H12FN3O2/c1-17(10-5-3-2-4-9(10)14)12-11(15)8(13(18)19)6-7-16-12/h2-7H,15H2,1H3,(H,18,19). The van der Waals surface area contributed by atoms with E-state index in [0.29, 0.717) is 0 Å². The topological polar surface area (TPSA) is 79.5 Å². The first kappa shape index (κ1) is 12.8. The molecule has 0 spiro atoms. The summed E-state index contributed by atoms with van der Waals surface area (Å²) in [5, 5.41) is 9.00. The predicted octanol–water partition coefficient (Wildman–Crippen LogP) is 2.27. The molecule has 0 atom stereocenters. The number of rotatable bonds is 3. The lowest BCUT2D eigenvalue weighted by Gasteiger charge is -2.21. The van der Waals surface area contributed by atoms with Crippen LogP contribution in [0.4, 0.5) is 21.6 Å². The van der Waals surface area contributed by atoms with Gasteiger partial charge in [-0.05, 0) is 18.2 Å². The molecule has 1 aromatic heterocycles. The summed E-state index contributed by atoms with van der Waals surface area (Å²) in [4.78, 5) is 16.4. The third kappa shape index (κ3) is 2.33. The van der Waals surface area contributed by atoms with Crippen LogP contribution in [-0.2, 0) is 0 Å². The third-order valence-corrected chi connectivity index (χ3v) is 2.73. The summed E-state index contributed by atoms with van der Waals surface area (Å²) in [6.07, 6.45) is 1.33. The third-order valence-electron chi connectivity index (χ3n) is 2.73. The lowest BCUT2D eigenvalue weighted by molar-refractivity contribution is 0.0698. The Bertz CT molecular complexity index is 631. The Morgan fingerprint density at radius 1 is 1.37 bits per heavy atom. The van der Waals surface area contributed by atoms with Gasteiger partial charge in [0.05, 0.1) is 16.9 Å². The first-order valence-electron chi connectivity index (χ1n) is 5.48. The van der Waals surface area contributed by atoms with Crippen LogP contribution in [0.5, 0.6) is 0 Å². The zero-order valence-corrected chi connectivity index (χ0v) is 10.2.